The van der Waals surface area contributed by atoms with Gasteiger partial charge in [-0.25, -0.2) is 0 Å². The van der Waals surface area contributed by atoms with Crippen molar-refractivity contribution in [1.29, 1.82) is 0 Å². The Hall–Kier alpha value is -2.34. The number of halogens is 2. The van der Waals surface area contributed by atoms with Crippen LogP contribution in [0.15, 0.2) is 51.7 Å². The van der Waals surface area contributed by atoms with Crippen LogP contribution in [-0.2, 0) is 0 Å². The van der Waals surface area contributed by atoms with Crippen molar-refractivity contribution in [3.63, 3.8) is 0 Å². The molecule has 2 heterocycles. The van der Waals surface area contributed by atoms with E-state index >= 15 is 0 Å². The van der Waals surface area contributed by atoms with Crippen LogP contribution in [0.2, 0.25) is 10.0 Å². The number of aryl methyl sites for hydroxylation is 1. The van der Waals surface area contributed by atoms with E-state index in [1.807, 2.05) is 31.2 Å². The molecule has 0 aliphatic carbocycles. The Morgan fingerprint density at radius 1 is 1.10 bits per heavy atom. The molecule has 5 nitrogen and oxygen atoms in total. The zero-order valence-corrected chi connectivity index (χ0v) is 18.8. The smallest absolute Gasteiger partial charge is 0.287 e. The highest BCUT2D eigenvalue weighted by Crippen LogP contribution is 2.26. The molecule has 1 aromatic heterocycles. The normalized spacial score (nSPS) is 15.7. The zero-order valence-electron chi connectivity index (χ0n) is 17.3. The molecule has 1 atom stereocenters. The van der Waals surface area contributed by atoms with E-state index in [4.69, 9.17) is 27.6 Å². The highest BCUT2D eigenvalue weighted by Gasteiger charge is 2.24. The second-order valence-electron chi connectivity index (χ2n) is 7.95. The predicted molar refractivity (Wildman–Crippen MR) is 124 cm³/mol. The highest BCUT2D eigenvalue weighted by atomic mass is 35.5. The largest absolute Gasteiger partial charge is 0.451 e. The maximum absolute atomic E-state index is 12.9. The van der Waals surface area contributed by atoms with E-state index in [0.29, 0.717) is 27.6 Å². The van der Waals surface area contributed by atoms with Crippen molar-refractivity contribution < 1.29 is 9.21 Å². The minimum Gasteiger partial charge on any atom is -0.451 e. The molecule has 31 heavy (non-hydrogen) atoms. The average Bonchev–Trinajstić information content (AvgIpc) is 2.77. The number of likely N-dealkylation sites (tertiary alicyclic amines) is 1. The number of carbonyl (C=O) groups is 1. The summed E-state index contributed by atoms with van der Waals surface area (Å²) in [7, 11) is 0. The fourth-order valence-corrected chi connectivity index (χ4v) is 4.33. The summed E-state index contributed by atoms with van der Waals surface area (Å²) in [4.78, 5) is 27.7. The molecule has 1 amide bonds. The van der Waals surface area contributed by atoms with Gasteiger partial charge in [0.15, 0.2) is 11.2 Å². The predicted octanol–water partition coefficient (Wildman–Crippen LogP) is 5.37. The molecule has 1 aliphatic heterocycles. The summed E-state index contributed by atoms with van der Waals surface area (Å²) in [5.41, 5.74) is 1.93. The maximum Gasteiger partial charge on any atom is 0.287 e. The van der Waals surface area contributed by atoms with Crippen LogP contribution < -0.4 is 10.7 Å². The van der Waals surface area contributed by atoms with Crippen molar-refractivity contribution in [2.45, 2.75) is 32.2 Å². The first kappa shape index (κ1) is 21.9. The van der Waals surface area contributed by atoms with Gasteiger partial charge >= 0.3 is 0 Å². The molecule has 0 spiro atoms. The van der Waals surface area contributed by atoms with Gasteiger partial charge in [-0.1, -0.05) is 41.8 Å². The van der Waals surface area contributed by atoms with E-state index in [9.17, 15) is 9.59 Å². The summed E-state index contributed by atoms with van der Waals surface area (Å²) in [6.45, 7) is 4.19. The lowest BCUT2D eigenvalue weighted by Gasteiger charge is -2.35. The third-order valence-electron chi connectivity index (χ3n) is 5.77. The van der Waals surface area contributed by atoms with Crippen LogP contribution in [0.3, 0.4) is 0 Å². The number of nitrogens with zero attached hydrogens (tertiary/aromatic N) is 1. The lowest BCUT2D eigenvalue weighted by molar-refractivity contribution is 0.0897. The van der Waals surface area contributed by atoms with E-state index in [1.165, 1.54) is 12.5 Å². The van der Waals surface area contributed by atoms with Crippen LogP contribution in [0.4, 0.5) is 0 Å². The fraction of sp³-hybridized carbons (Fsp3) is 0.333. The van der Waals surface area contributed by atoms with Gasteiger partial charge in [0.25, 0.3) is 5.91 Å². The second-order valence-corrected chi connectivity index (χ2v) is 8.79. The number of amides is 1. The number of nitrogens with one attached hydrogen (secondary N) is 1. The number of piperidine rings is 1. The number of fused-ring (bicyclic) bond motifs is 1. The van der Waals surface area contributed by atoms with Crippen molar-refractivity contribution in [1.82, 2.24) is 10.2 Å². The summed E-state index contributed by atoms with van der Waals surface area (Å²) in [5.74, 6) is -0.421. The number of carbonyl (C=O) groups excluding carboxylic acids is 1. The molecule has 4 rings (SSSR count). The summed E-state index contributed by atoms with van der Waals surface area (Å²) < 4.78 is 5.74. The van der Waals surface area contributed by atoms with Gasteiger partial charge in [0.1, 0.15) is 5.58 Å². The van der Waals surface area contributed by atoms with Crippen LogP contribution in [0.25, 0.3) is 11.0 Å². The van der Waals surface area contributed by atoms with E-state index in [-0.39, 0.29) is 17.2 Å². The molecule has 0 saturated carbocycles. The van der Waals surface area contributed by atoms with Crippen LogP contribution in [0, 0.1) is 6.92 Å². The number of benzene rings is 2. The molecule has 162 valence electrons. The van der Waals surface area contributed by atoms with E-state index in [0.717, 1.165) is 37.1 Å². The van der Waals surface area contributed by atoms with Gasteiger partial charge in [-0.05, 0) is 68.2 Å². The van der Waals surface area contributed by atoms with E-state index in [2.05, 4.69) is 10.2 Å². The molecule has 0 radical (unpaired) electrons. The molecule has 3 aromatic rings. The number of hydrogen-bond donors (Lipinski definition) is 1. The van der Waals surface area contributed by atoms with Crippen molar-refractivity contribution in [3.05, 3.63) is 79.6 Å². The molecule has 2 aromatic carbocycles. The summed E-state index contributed by atoms with van der Waals surface area (Å²) in [6.07, 6.45) is 3.50. The van der Waals surface area contributed by atoms with Crippen LogP contribution in [0.1, 0.15) is 47.0 Å². The van der Waals surface area contributed by atoms with Gasteiger partial charge in [0.2, 0.25) is 0 Å². The fourth-order valence-electron chi connectivity index (χ4n) is 4.04. The first-order chi connectivity index (χ1) is 14.9. The molecule has 7 heteroatoms. The first-order valence-electron chi connectivity index (χ1n) is 10.4. The Kier molecular flexibility index (Phi) is 6.65. The number of rotatable bonds is 5. The molecule has 1 N–H and O–H groups in total. The van der Waals surface area contributed by atoms with Gasteiger partial charge in [-0.2, -0.15) is 0 Å². The van der Waals surface area contributed by atoms with Crippen molar-refractivity contribution >= 4 is 40.1 Å². The van der Waals surface area contributed by atoms with Gasteiger partial charge in [-0.15, -0.1) is 0 Å². The maximum atomic E-state index is 12.9. The Bertz CT molecular complexity index is 1150. The first-order valence-corrected chi connectivity index (χ1v) is 11.2. The third-order valence-corrected chi connectivity index (χ3v) is 6.43. The lowest BCUT2D eigenvalue weighted by atomic mass is 10.0. The van der Waals surface area contributed by atoms with Crippen LogP contribution in [-0.4, -0.2) is 30.4 Å². The second kappa shape index (κ2) is 9.43. The topological polar surface area (TPSA) is 62.6 Å². The molecular weight excluding hydrogens is 435 g/mol. The SMILES string of the molecule is Cc1cc2oc(C(=O)NC[C@H](c3ccc(Cl)cc3)N3CCCCC3)cc(=O)c2cc1Cl. The van der Waals surface area contributed by atoms with Crippen molar-refractivity contribution in [2.24, 2.45) is 0 Å². The molecule has 1 fully saturated rings. The minimum atomic E-state index is -0.414. The Balaban J connectivity index is 1.56. The summed E-state index contributed by atoms with van der Waals surface area (Å²) >= 11 is 12.2. The van der Waals surface area contributed by atoms with Crippen LogP contribution in [0.5, 0.6) is 0 Å². The Labute approximate surface area is 190 Å². The average molecular weight is 459 g/mol. The third kappa shape index (κ3) is 4.95. The Morgan fingerprint density at radius 3 is 2.52 bits per heavy atom. The van der Waals surface area contributed by atoms with Gasteiger partial charge in [-0.3, -0.25) is 14.5 Å². The summed E-state index contributed by atoms with van der Waals surface area (Å²) in [6, 6.07) is 12.2. The highest BCUT2D eigenvalue weighted by molar-refractivity contribution is 6.32. The minimum absolute atomic E-state index is 0.00674. The zero-order chi connectivity index (χ0) is 22.0. The standard InChI is InChI=1S/C24H24Cl2N2O3/c1-15-11-22-18(12-19(15)26)21(29)13-23(31-22)24(30)27-14-20(28-9-3-2-4-10-28)16-5-7-17(25)8-6-16/h5-8,11-13,20H,2-4,9-10,14H2,1H3,(H,27,30)/t20-/m1/s1. The number of hydrogen-bond acceptors (Lipinski definition) is 4. The van der Waals surface area contributed by atoms with Gasteiger partial charge in [0.05, 0.1) is 11.4 Å². The van der Waals surface area contributed by atoms with Crippen molar-refractivity contribution in [3.8, 4) is 0 Å². The van der Waals surface area contributed by atoms with Gasteiger partial charge < -0.3 is 9.73 Å². The molecule has 0 unspecified atom stereocenters. The quantitative estimate of drug-likeness (QED) is 0.558. The molecule has 1 aliphatic rings. The molecular formula is C24H24Cl2N2O3. The van der Waals surface area contributed by atoms with Crippen LogP contribution >= 0.6 is 23.2 Å². The van der Waals surface area contributed by atoms with E-state index in [1.54, 1.807) is 12.1 Å². The van der Waals surface area contributed by atoms with Crippen molar-refractivity contribution in [2.75, 3.05) is 19.6 Å². The molecule has 1 saturated heterocycles. The van der Waals surface area contributed by atoms with E-state index < -0.39 is 5.91 Å². The molecule has 0 bridgehead atoms. The summed E-state index contributed by atoms with van der Waals surface area (Å²) in [5, 5.41) is 4.49. The van der Waals surface area contributed by atoms with Gasteiger partial charge in [0, 0.05) is 22.7 Å². The monoisotopic (exact) mass is 458 g/mol. The lowest BCUT2D eigenvalue weighted by Crippen LogP contribution is -2.40. The Morgan fingerprint density at radius 2 is 1.81 bits per heavy atom.